The molecule has 0 aliphatic carbocycles. The number of hydrogen-bond donors (Lipinski definition) is 0. The molecule has 0 aromatic carbocycles. The van der Waals surface area contributed by atoms with E-state index in [2.05, 4.69) is 24.9 Å². The molecule has 1 rings (SSSR count). The lowest BCUT2D eigenvalue weighted by atomic mass is 10.1. The van der Waals surface area contributed by atoms with Gasteiger partial charge in [-0.3, -0.25) is 4.68 Å². The van der Waals surface area contributed by atoms with E-state index < -0.39 is 0 Å². The van der Waals surface area contributed by atoms with Gasteiger partial charge in [-0.15, -0.1) is 6.42 Å². The fraction of sp³-hybridized carbons (Fsp3) is 0.444. The predicted octanol–water partition coefficient (Wildman–Crippen LogP) is 1.52. The largest absolute Gasteiger partial charge is 0.274 e. The zero-order valence-electron chi connectivity index (χ0n) is 7.13. The summed E-state index contributed by atoms with van der Waals surface area (Å²) < 4.78 is 1.75. The van der Waals surface area contributed by atoms with Crippen LogP contribution >= 0.6 is 0 Å². The first-order valence-electron chi connectivity index (χ1n) is 3.65. The Balaban J connectivity index is 3.15. The van der Waals surface area contributed by atoms with Crippen LogP contribution in [0, 0.1) is 12.3 Å². The average Bonchev–Trinajstić information content (AvgIpc) is 2.30. The molecule has 0 saturated carbocycles. The highest BCUT2D eigenvalue weighted by Gasteiger charge is 2.07. The lowest BCUT2D eigenvalue weighted by molar-refractivity contribution is 0.762. The first kappa shape index (κ1) is 7.87. The van der Waals surface area contributed by atoms with Crippen molar-refractivity contribution in [2.45, 2.75) is 19.8 Å². The van der Waals surface area contributed by atoms with Gasteiger partial charge in [0.25, 0.3) is 0 Å². The minimum Gasteiger partial charge on any atom is -0.274 e. The molecule has 2 nitrogen and oxygen atoms in total. The second-order valence-corrected chi connectivity index (χ2v) is 2.91. The smallest absolute Gasteiger partial charge is 0.138 e. The normalized spacial score (nSPS) is 10.1. The molecule has 0 fully saturated rings. The molecule has 0 radical (unpaired) electrons. The van der Waals surface area contributed by atoms with E-state index in [0.717, 1.165) is 11.3 Å². The molecule has 1 aromatic rings. The molecule has 0 saturated heterocycles. The maximum Gasteiger partial charge on any atom is 0.138 e. The number of hydrogen-bond acceptors (Lipinski definition) is 1. The zero-order valence-corrected chi connectivity index (χ0v) is 7.13. The van der Waals surface area contributed by atoms with E-state index in [0.29, 0.717) is 5.92 Å². The summed E-state index contributed by atoms with van der Waals surface area (Å²) in [5.74, 6) is 3.02. The molecule has 0 amide bonds. The minimum atomic E-state index is 0.453. The fourth-order valence-corrected chi connectivity index (χ4v) is 1.04. The Morgan fingerprint density at radius 1 is 1.64 bits per heavy atom. The van der Waals surface area contributed by atoms with Gasteiger partial charge in [-0.05, 0) is 11.8 Å². The maximum absolute atomic E-state index is 5.28. The van der Waals surface area contributed by atoms with Crippen LogP contribution in [0.1, 0.15) is 31.0 Å². The summed E-state index contributed by atoms with van der Waals surface area (Å²) in [6, 6.07) is 0. The van der Waals surface area contributed by atoms with E-state index in [9.17, 15) is 0 Å². The Labute approximate surface area is 67.2 Å². The Morgan fingerprint density at radius 2 is 2.27 bits per heavy atom. The van der Waals surface area contributed by atoms with Crippen LogP contribution < -0.4 is 0 Å². The van der Waals surface area contributed by atoms with Gasteiger partial charge < -0.3 is 0 Å². The quantitative estimate of drug-likeness (QED) is 0.552. The van der Waals surface area contributed by atoms with Crippen LogP contribution in [0.5, 0.6) is 0 Å². The van der Waals surface area contributed by atoms with Crippen LogP contribution in [0.25, 0.3) is 0 Å². The highest BCUT2D eigenvalue weighted by atomic mass is 15.2. The topological polar surface area (TPSA) is 17.8 Å². The lowest BCUT2D eigenvalue weighted by Crippen LogP contribution is -1.87. The Kier molecular flexibility index (Phi) is 2.00. The van der Waals surface area contributed by atoms with Gasteiger partial charge in [0.2, 0.25) is 0 Å². The van der Waals surface area contributed by atoms with Crippen molar-refractivity contribution in [3.8, 4) is 12.3 Å². The Bertz CT molecular complexity index is 289. The molecule has 0 aliphatic rings. The van der Waals surface area contributed by atoms with Crippen LogP contribution in [0.15, 0.2) is 6.20 Å². The van der Waals surface area contributed by atoms with E-state index in [1.807, 2.05) is 13.2 Å². The Morgan fingerprint density at radius 3 is 2.64 bits per heavy atom. The molecule has 1 aromatic heterocycles. The summed E-state index contributed by atoms with van der Waals surface area (Å²) in [4.78, 5) is 0. The fourth-order valence-electron chi connectivity index (χ4n) is 1.04. The Hall–Kier alpha value is -1.23. The molecule has 0 spiro atoms. The van der Waals surface area contributed by atoms with Crippen LogP contribution in [0.3, 0.4) is 0 Å². The van der Waals surface area contributed by atoms with Crippen molar-refractivity contribution in [2.24, 2.45) is 7.05 Å². The van der Waals surface area contributed by atoms with Crippen molar-refractivity contribution < 1.29 is 0 Å². The van der Waals surface area contributed by atoms with Crippen molar-refractivity contribution in [1.82, 2.24) is 9.78 Å². The summed E-state index contributed by atoms with van der Waals surface area (Å²) in [6.07, 6.45) is 7.25. The summed E-state index contributed by atoms with van der Waals surface area (Å²) in [7, 11) is 1.88. The SMILES string of the molecule is C#Cc1nn(C)cc1C(C)C. The van der Waals surface area contributed by atoms with Crippen LogP contribution in [0.2, 0.25) is 0 Å². The molecule has 58 valence electrons. The van der Waals surface area contributed by atoms with E-state index in [4.69, 9.17) is 6.42 Å². The van der Waals surface area contributed by atoms with Gasteiger partial charge in [-0.1, -0.05) is 13.8 Å². The molecular weight excluding hydrogens is 136 g/mol. The predicted molar refractivity (Wildman–Crippen MR) is 45.2 cm³/mol. The van der Waals surface area contributed by atoms with E-state index >= 15 is 0 Å². The van der Waals surface area contributed by atoms with Crippen molar-refractivity contribution in [3.05, 3.63) is 17.5 Å². The van der Waals surface area contributed by atoms with Gasteiger partial charge in [0.15, 0.2) is 0 Å². The summed E-state index contributed by atoms with van der Waals surface area (Å²) >= 11 is 0. The molecule has 0 aliphatic heterocycles. The van der Waals surface area contributed by atoms with E-state index in [1.54, 1.807) is 4.68 Å². The van der Waals surface area contributed by atoms with Crippen LogP contribution in [-0.2, 0) is 7.05 Å². The van der Waals surface area contributed by atoms with Crippen molar-refractivity contribution in [2.75, 3.05) is 0 Å². The van der Waals surface area contributed by atoms with E-state index in [-0.39, 0.29) is 0 Å². The first-order valence-corrected chi connectivity index (χ1v) is 3.65. The molecule has 0 atom stereocenters. The second-order valence-electron chi connectivity index (χ2n) is 2.91. The second kappa shape index (κ2) is 2.79. The number of nitrogens with zero attached hydrogens (tertiary/aromatic N) is 2. The van der Waals surface area contributed by atoms with Gasteiger partial charge in [-0.2, -0.15) is 5.10 Å². The van der Waals surface area contributed by atoms with Crippen molar-refractivity contribution in [3.63, 3.8) is 0 Å². The molecule has 2 heteroatoms. The van der Waals surface area contributed by atoms with Crippen LogP contribution in [0.4, 0.5) is 0 Å². The summed E-state index contributed by atoms with van der Waals surface area (Å²) in [5.41, 5.74) is 1.91. The molecule has 1 heterocycles. The van der Waals surface area contributed by atoms with Gasteiger partial charge in [-0.25, -0.2) is 0 Å². The van der Waals surface area contributed by atoms with Crippen LogP contribution in [-0.4, -0.2) is 9.78 Å². The maximum atomic E-state index is 5.28. The number of rotatable bonds is 1. The number of aromatic nitrogens is 2. The third kappa shape index (κ3) is 1.43. The average molecular weight is 148 g/mol. The van der Waals surface area contributed by atoms with Crippen molar-refractivity contribution in [1.29, 1.82) is 0 Å². The zero-order chi connectivity index (χ0) is 8.43. The van der Waals surface area contributed by atoms with E-state index in [1.165, 1.54) is 0 Å². The standard InChI is InChI=1S/C9H12N2/c1-5-9-8(7(2)3)6-11(4)10-9/h1,6-7H,2-4H3. The summed E-state index contributed by atoms with van der Waals surface area (Å²) in [6.45, 7) is 4.22. The monoisotopic (exact) mass is 148 g/mol. The molecule has 0 unspecified atom stereocenters. The molecule has 11 heavy (non-hydrogen) atoms. The summed E-state index contributed by atoms with van der Waals surface area (Å²) in [5, 5.41) is 4.13. The number of aryl methyl sites for hydroxylation is 1. The minimum absolute atomic E-state index is 0.453. The highest BCUT2D eigenvalue weighted by molar-refractivity contribution is 5.33. The van der Waals surface area contributed by atoms with Gasteiger partial charge in [0, 0.05) is 18.8 Å². The molecule has 0 N–H and O–H groups in total. The van der Waals surface area contributed by atoms with Gasteiger partial charge in [0.1, 0.15) is 5.69 Å². The first-order chi connectivity index (χ1) is 5.15. The number of terminal acetylenes is 1. The lowest BCUT2D eigenvalue weighted by Gasteiger charge is -1.98. The van der Waals surface area contributed by atoms with Gasteiger partial charge in [0.05, 0.1) is 0 Å². The highest BCUT2D eigenvalue weighted by Crippen LogP contribution is 2.16. The van der Waals surface area contributed by atoms with Crippen molar-refractivity contribution >= 4 is 0 Å². The molecule has 0 bridgehead atoms. The molecular formula is C9H12N2. The third-order valence-corrected chi connectivity index (χ3v) is 1.62. The third-order valence-electron chi connectivity index (χ3n) is 1.62. The van der Waals surface area contributed by atoms with Gasteiger partial charge >= 0.3 is 0 Å².